The van der Waals surface area contributed by atoms with Crippen LogP contribution in [0.4, 0.5) is 0 Å². The van der Waals surface area contributed by atoms with Crippen LogP contribution in [0.5, 0.6) is 0 Å². The highest BCUT2D eigenvalue weighted by molar-refractivity contribution is 14.0. The Labute approximate surface area is 188 Å². The Morgan fingerprint density at radius 1 is 1.17 bits per heavy atom. The minimum absolute atomic E-state index is 0. The summed E-state index contributed by atoms with van der Waals surface area (Å²) in [6, 6.07) is 10.1. The first-order chi connectivity index (χ1) is 13.7. The minimum Gasteiger partial charge on any atom is -0.359 e. The van der Waals surface area contributed by atoms with Gasteiger partial charge >= 0.3 is 0 Å². The van der Waals surface area contributed by atoms with Crippen LogP contribution in [-0.2, 0) is 13.1 Å². The van der Waals surface area contributed by atoms with E-state index in [1.165, 1.54) is 6.33 Å². The number of aromatic nitrogens is 4. The Bertz CT molecular complexity index is 888. The van der Waals surface area contributed by atoms with Gasteiger partial charge in [-0.3, -0.25) is 10.1 Å². The zero-order valence-electron chi connectivity index (χ0n) is 17.0. The van der Waals surface area contributed by atoms with Crippen molar-refractivity contribution in [2.24, 2.45) is 4.99 Å². The molecule has 0 radical (unpaired) electrons. The van der Waals surface area contributed by atoms with Crippen molar-refractivity contribution in [3.8, 4) is 11.4 Å². The molecule has 29 heavy (non-hydrogen) atoms. The molecule has 2 heterocycles. The van der Waals surface area contributed by atoms with E-state index in [0.717, 1.165) is 41.2 Å². The van der Waals surface area contributed by atoms with Crippen LogP contribution >= 0.6 is 24.0 Å². The molecule has 3 rings (SSSR count). The molecule has 9 heteroatoms. The predicted octanol–water partition coefficient (Wildman–Crippen LogP) is 3.85. The molecule has 0 aliphatic carbocycles. The Morgan fingerprint density at radius 2 is 1.97 bits per heavy atom. The molecule has 0 aliphatic rings. The smallest absolute Gasteiger partial charge is 0.191 e. The van der Waals surface area contributed by atoms with E-state index in [9.17, 15) is 0 Å². The molecule has 0 saturated heterocycles. The van der Waals surface area contributed by atoms with Crippen LogP contribution in [0, 0.1) is 0 Å². The van der Waals surface area contributed by atoms with Crippen LogP contribution in [-0.4, -0.2) is 33.3 Å². The molecule has 0 unspecified atom stereocenters. The fraction of sp³-hybridized carbons (Fsp3) is 0.400. The van der Waals surface area contributed by atoms with Crippen LogP contribution in [0.25, 0.3) is 11.4 Å². The van der Waals surface area contributed by atoms with Gasteiger partial charge < -0.3 is 15.2 Å². The zero-order valence-corrected chi connectivity index (χ0v) is 19.3. The number of rotatable bonds is 8. The SMILES string of the molecule is CCC(CC)c1cc(CNC(=NC)NCc2cccc(-c3ncn[nH]3)c2)on1.I. The third-order valence-electron chi connectivity index (χ3n) is 4.71. The quantitative estimate of drug-likeness (QED) is 0.242. The number of halogens is 1. The average Bonchev–Trinajstić information content (AvgIpc) is 3.42. The summed E-state index contributed by atoms with van der Waals surface area (Å²) in [4.78, 5) is 8.46. The molecular weight excluding hydrogens is 481 g/mol. The van der Waals surface area contributed by atoms with Gasteiger partial charge in [-0.25, -0.2) is 4.98 Å². The molecule has 0 fully saturated rings. The van der Waals surface area contributed by atoms with E-state index in [1.54, 1.807) is 7.05 Å². The van der Waals surface area contributed by atoms with Crippen molar-refractivity contribution in [2.75, 3.05) is 7.05 Å². The summed E-state index contributed by atoms with van der Waals surface area (Å²) in [6.45, 7) is 5.51. The molecule has 3 aromatic rings. The third-order valence-corrected chi connectivity index (χ3v) is 4.71. The highest BCUT2D eigenvalue weighted by Gasteiger charge is 2.13. The number of benzene rings is 1. The van der Waals surface area contributed by atoms with Crippen LogP contribution in [0.2, 0.25) is 0 Å². The number of aliphatic imine (C=N–C) groups is 1. The van der Waals surface area contributed by atoms with E-state index < -0.39 is 0 Å². The van der Waals surface area contributed by atoms with Gasteiger partial charge in [0.25, 0.3) is 0 Å². The van der Waals surface area contributed by atoms with Crippen molar-refractivity contribution in [3.63, 3.8) is 0 Å². The van der Waals surface area contributed by atoms with Crippen molar-refractivity contribution in [3.05, 3.63) is 53.7 Å². The van der Waals surface area contributed by atoms with E-state index in [-0.39, 0.29) is 24.0 Å². The van der Waals surface area contributed by atoms with Crippen molar-refractivity contribution in [1.82, 2.24) is 31.0 Å². The Balaban J connectivity index is 0.00000300. The zero-order chi connectivity index (χ0) is 19.8. The van der Waals surface area contributed by atoms with Gasteiger partial charge in [-0.2, -0.15) is 5.10 Å². The summed E-state index contributed by atoms with van der Waals surface area (Å²) < 4.78 is 5.45. The van der Waals surface area contributed by atoms with Crippen molar-refractivity contribution in [1.29, 1.82) is 0 Å². The number of hydrogen-bond donors (Lipinski definition) is 3. The molecule has 3 N–H and O–H groups in total. The lowest BCUT2D eigenvalue weighted by atomic mass is 9.99. The number of aromatic amines is 1. The lowest BCUT2D eigenvalue weighted by Gasteiger charge is -2.11. The lowest BCUT2D eigenvalue weighted by molar-refractivity contribution is 0.368. The van der Waals surface area contributed by atoms with Crippen LogP contribution < -0.4 is 10.6 Å². The maximum absolute atomic E-state index is 5.45. The van der Waals surface area contributed by atoms with E-state index in [4.69, 9.17) is 4.52 Å². The van der Waals surface area contributed by atoms with Crippen LogP contribution in [0.15, 0.2) is 46.2 Å². The molecule has 8 nitrogen and oxygen atoms in total. The van der Waals surface area contributed by atoms with Crippen molar-refractivity contribution >= 4 is 29.9 Å². The van der Waals surface area contributed by atoms with Gasteiger partial charge in [-0.1, -0.05) is 37.2 Å². The van der Waals surface area contributed by atoms with Crippen LogP contribution in [0.3, 0.4) is 0 Å². The maximum atomic E-state index is 5.45. The fourth-order valence-corrected chi connectivity index (χ4v) is 3.06. The highest BCUT2D eigenvalue weighted by atomic mass is 127. The summed E-state index contributed by atoms with van der Waals surface area (Å²) >= 11 is 0. The lowest BCUT2D eigenvalue weighted by Crippen LogP contribution is -2.36. The molecule has 2 aromatic heterocycles. The second kappa shape index (κ2) is 11.5. The van der Waals surface area contributed by atoms with E-state index >= 15 is 0 Å². The Morgan fingerprint density at radius 3 is 2.66 bits per heavy atom. The highest BCUT2D eigenvalue weighted by Crippen LogP contribution is 2.22. The van der Waals surface area contributed by atoms with Gasteiger partial charge in [-0.05, 0) is 24.5 Å². The minimum atomic E-state index is 0. The van der Waals surface area contributed by atoms with Gasteiger partial charge in [0.05, 0.1) is 12.2 Å². The van der Waals surface area contributed by atoms with Crippen molar-refractivity contribution in [2.45, 2.75) is 45.7 Å². The molecule has 1 aromatic carbocycles. The molecule has 0 atom stereocenters. The number of H-pyrrole nitrogens is 1. The summed E-state index contributed by atoms with van der Waals surface area (Å²) in [5.41, 5.74) is 3.14. The van der Waals surface area contributed by atoms with Crippen LogP contribution in [0.1, 0.15) is 49.6 Å². The summed E-state index contributed by atoms with van der Waals surface area (Å²) in [5.74, 6) is 2.71. The second-order valence-corrected chi connectivity index (χ2v) is 6.55. The van der Waals surface area contributed by atoms with Crippen molar-refractivity contribution < 1.29 is 4.52 Å². The normalized spacial score (nSPS) is 11.4. The first-order valence-electron chi connectivity index (χ1n) is 9.58. The molecule has 156 valence electrons. The number of nitrogens with one attached hydrogen (secondary N) is 3. The molecule has 0 aliphatic heterocycles. The summed E-state index contributed by atoms with van der Waals surface area (Å²) in [7, 11) is 1.75. The van der Waals surface area contributed by atoms with Gasteiger partial charge in [-0.15, -0.1) is 24.0 Å². The maximum Gasteiger partial charge on any atom is 0.191 e. The van der Waals surface area contributed by atoms with E-state index in [1.807, 2.05) is 18.2 Å². The van der Waals surface area contributed by atoms with Gasteiger partial charge in [0, 0.05) is 31.1 Å². The van der Waals surface area contributed by atoms with Gasteiger partial charge in [0.15, 0.2) is 17.5 Å². The van der Waals surface area contributed by atoms with E-state index in [0.29, 0.717) is 25.0 Å². The fourth-order valence-electron chi connectivity index (χ4n) is 3.06. The second-order valence-electron chi connectivity index (χ2n) is 6.55. The standard InChI is InChI=1S/C20H27N7O.HI/c1-4-15(5-2)18-10-17(28-27-18)12-23-20(21-3)22-11-14-7-6-8-16(9-14)19-24-13-25-26-19;/h6-10,13,15H,4-5,11-12H2,1-3H3,(H2,21,22,23)(H,24,25,26);1H. The molecule has 0 spiro atoms. The van der Waals surface area contributed by atoms with Gasteiger partial charge in [0.2, 0.25) is 0 Å². The molecular formula is C20H28IN7O. The molecule has 0 amide bonds. The first kappa shape index (κ1) is 22.9. The average molecular weight is 509 g/mol. The molecule has 0 bridgehead atoms. The van der Waals surface area contributed by atoms with Gasteiger partial charge in [0.1, 0.15) is 6.33 Å². The summed E-state index contributed by atoms with van der Waals surface area (Å²) in [5, 5.41) is 17.6. The largest absolute Gasteiger partial charge is 0.359 e. The third kappa shape index (κ3) is 6.28. The number of hydrogen-bond acceptors (Lipinski definition) is 5. The monoisotopic (exact) mass is 509 g/mol. The predicted molar refractivity (Wildman–Crippen MR) is 124 cm³/mol. The Hall–Kier alpha value is -2.43. The number of nitrogens with zero attached hydrogens (tertiary/aromatic N) is 4. The Kier molecular flexibility index (Phi) is 9.10. The van der Waals surface area contributed by atoms with E-state index in [2.05, 4.69) is 61.9 Å². The first-order valence-corrected chi connectivity index (χ1v) is 9.58. The topological polar surface area (TPSA) is 104 Å². The molecule has 0 saturated carbocycles. The number of guanidine groups is 1. The summed E-state index contributed by atoms with van der Waals surface area (Å²) in [6.07, 6.45) is 3.63.